The minimum absolute atomic E-state index is 0.280. The number of benzene rings is 2. The number of aromatic hydroxyl groups is 1. The molecule has 3 rings (SSSR count). The van der Waals surface area contributed by atoms with Gasteiger partial charge in [0, 0.05) is 36.2 Å². The number of hydrogen-bond donors (Lipinski definition) is 2. The Morgan fingerprint density at radius 2 is 1.53 bits per heavy atom. The van der Waals surface area contributed by atoms with Crippen molar-refractivity contribution in [3.05, 3.63) is 48.2 Å². The zero-order valence-corrected chi connectivity index (χ0v) is 19.8. The van der Waals surface area contributed by atoms with Crippen LogP contribution in [-0.2, 0) is 13.0 Å². The minimum Gasteiger partial charge on any atom is -0.494 e. The molecule has 2 aromatic carbocycles. The zero-order chi connectivity index (χ0) is 22.8. The number of anilines is 1. The van der Waals surface area contributed by atoms with E-state index in [9.17, 15) is 5.11 Å². The molecule has 0 unspecified atom stereocenters. The Hall–Kier alpha value is -2.82. The second-order valence-corrected chi connectivity index (χ2v) is 8.31. The first-order valence-electron chi connectivity index (χ1n) is 12.0. The Balaban J connectivity index is 1.80. The first-order chi connectivity index (χ1) is 15.7. The number of rotatable bonds is 14. The molecular weight excluding hydrogens is 400 g/mol. The summed E-state index contributed by atoms with van der Waals surface area (Å²) in [5.74, 6) is 1.80. The van der Waals surface area contributed by atoms with Crippen LogP contribution in [0, 0.1) is 0 Å². The summed E-state index contributed by atoms with van der Waals surface area (Å²) in [6, 6.07) is 12.3. The summed E-state index contributed by atoms with van der Waals surface area (Å²) in [7, 11) is 1.92. The van der Waals surface area contributed by atoms with Crippen molar-refractivity contribution in [1.82, 2.24) is 4.57 Å². The normalized spacial score (nSPS) is 11.1. The average Bonchev–Trinajstić information content (AvgIpc) is 3.14. The molecule has 1 aromatic heterocycles. The van der Waals surface area contributed by atoms with Gasteiger partial charge in [-0.3, -0.25) is 0 Å². The molecule has 32 heavy (non-hydrogen) atoms. The number of unbranched alkanes of at least 4 members (excludes halogenated alkanes) is 4. The predicted molar refractivity (Wildman–Crippen MR) is 133 cm³/mol. The number of ether oxygens (including phenoxy) is 2. The lowest BCUT2D eigenvalue weighted by molar-refractivity contribution is 0.262. The molecule has 0 amide bonds. The molecule has 174 valence electrons. The topological polar surface area (TPSA) is 55.7 Å². The van der Waals surface area contributed by atoms with Gasteiger partial charge in [-0.2, -0.15) is 0 Å². The third-order valence-electron chi connectivity index (χ3n) is 5.84. The lowest BCUT2D eigenvalue weighted by Gasteiger charge is -2.14. The van der Waals surface area contributed by atoms with Crippen LogP contribution in [0.3, 0.4) is 0 Å². The van der Waals surface area contributed by atoms with Crippen LogP contribution in [-0.4, -0.2) is 29.9 Å². The smallest absolute Gasteiger partial charge is 0.199 e. The maximum absolute atomic E-state index is 10.9. The fourth-order valence-electron chi connectivity index (χ4n) is 3.86. The fraction of sp³-hybridized carbons (Fsp3) is 0.481. The first-order valence-corrected chi connectivity index (χ1v) is 12.0. The maximum atomic E-state index is 10.9. The van der Waals surface area contributed by atoms with E-state index in [1.807, 2.05) is 29.9 Å². The number of aryl methyl sites for hydroxylation is 2. The standard InChI is InChI=1S/C27H38N2O3/c1-4-6-8-18-31-25-15-14-23-24(26(25)32-19-9-7-5-2)20-29(27(23)30)17-16-21-10-12-22(28-3)13-11-21/h10-15,20,28,30H,4-9,16-19H2,1-3H3. The number of aromatic nitrogens is 1. The van der Waals surface area contributed by atoms with Crippen LogP contribution in [0.5, 0.6) is 17.4 Å². The van der Waals surface area contributed by atoms with E-state index < -0.39 is 0 Å². The van der Waals surface area contributed by atoms with E-state index in [1.165, 1.54) is 5.56 Å². The first kappa shape index (κ1) is 23.8. The molecule has 0 fully saturated rings. The van der Waals surface area contributed by atoms with Crippen LogP contribution in [0.4, 0.5) is 5.69 Å². The van der Waals surface area contributed by atoms with E-state index in [2.05, 4.69) is 43.4 Å². The van der Waals surface area contributed by atoms with Crippen LogP contribution in [0.1, 0.15) is 57.9 Å². The Bertz CT molecular complexity index is 963. The highest BCUT2D eigenvalue weighted by Gasteiger charge is 2.17. The monoisotopic (exact) mass is 438 g/mol. The zero-order valence-electron chi connectivity index (χ0n) is 19.8. The van der Waals surface area contributed by atoms with E-state index in [-0.39, 0.29) is 5.88 Å². The van der Waals surface area contributed by atoms with Crippen molar-refractivity contribution in [3.8, 4) is 17.4 Å². The Morgan fingerprint density at radius 3 is 2.19 bits per heavy atom. The molecule has 0 saturated heterocycles. The van der Waals surface area contributed by atoms with Crippen molar-refractivity contribution in [2.75, 3.05) is 25.6 Å². The highest BCUT2D eigenvalue weighted by molar-refractivity contribution is 5.94. The van der Waals surface area contributed by atoms with Crippen LogP contribution >= 0.6 is 0 Å². The van der Waals surface area contributed by atoms with Crippen LogP contribution < -0.4 is 14.8 Å². The van der Waals surface area contributed by atoms with Crippen molar-refractivity contribution in [2.45, 2.75) is 65.3 Å². The van der Waals surface area contributed by atoms with E-state index >= 15 is 0 Å². The summed E-state index contributed by atoms with van der Waals surface area (Å²) in [6.07, 6.45) is 9.49. The Morgan fingerprint density at radius 1 is 0.844 bits per heavy atom. The number of nitrogens with zero attached hydrogens (tertiary/aromatic N) is 1. The second-order valence-electron chi connectivity index (χ2n) is 8.31. The van der Waals surface area contributed by atoms with Crippen molar-refractivity contribution in [2.24, 2.45) is 0 Å². The summed E-state index contributed by atoms with van der Waals surface area (Å²) in [5.41, 5.74) is 2.33. The number of hydrogen-bond acceptors (Lipinski definition) is 4. The van der Waals surface area contributed by atoms with Gasteiger partial charge in [0.15, 0.2) is 17.4 Å². The highest BCUT2D eigenvalue weighted by Crippen LogP contribution is 2.40. The second kappa shape index (κ2) is 12.3. The van der Waals surface area contributed by atoms with Crippen LogP contribution in [0.25, 0.3) is 10.8 Å². The van der Waals surface area contributed by atoms with Gasteiger partial charge in [-0.05, 0) is 49.1 Å². The van der Waals surface area contributed by atoms with Gasteiger partial charge in [-0.1, -0.05) is 51.7 Å². The molecule has 0 bridgehead atoms. The highest BCUT2D eigenvalue weighted by atomic mass is 16.5. The summed E-state index contributed by atoms with van der Waals surface area (Å²) in [5, 5.41) is 15.7. The molecule has 1 heterocycles. The summed E-state index contributed by atoms with van der Waals surface area (Å²) < 4.78 is 14.2. The molecule has 2 N–H and O–H groups in total. The molecule has 0 aliphatic rings. The molecular formula is C27H38N2O3. The largest absolute Gasteiger partial charge is 0.494 e. The lowest BCUT2D eigenvalue weighted by atomic mass is 10.1. The van der Waals surface area contributed by atoms with Crippen LogP contribution in [0.15, 0.2) is 42.6 Å². The molecule has 0 saturated carbocycles. The van der Waals surface area contributed by atoms with Gasteiger partial charge in [0.05, 0.1) is 13.2 Å². The maximum Gasteiger partial charge on any atom is 0.199 e. The van der Waals surface area contributed by atoms with Crippen molar-refractivity contribution in [1.29, 1.82) is 0 Å². The molecule has 0 radical (unpaired) electrons. The van der Waals surface area contributed by atoms with E-state index in [0.29, 0.717) is 19.8 Å². The third kappa shape index (κ3) is 6.12. The minimum atomic E-state index is 0.280. The van der Waals surface area contributed by atoms with Gasteiger partial charge < -0.3 is 24.5 Å². The average molecular weight is 439 g/mol. The van der Waals surface area contributed by atoms with Gasteiger partial charge in [-0.25, -0.2) is 0 Å². The molecule has 3 aromatic rings. The van der Waals surface area contributed by atoms with Gasteiger partial charge >= 0.3 is 0 Å². The predicted octanol–water partition coefficient (Wildman–Crippen LogP) is 6.77. The van der Waals surface area contributed by atoms with Crippen molar-refractivity contribution < 1.29 is 14.6 Å². The van der Waals surface area contributed by atoms with Crippen molar-refractivity contribution in [3.63, 3.8) is 0 Å². The van der Waals surface area contributed by atoms with E-state index in [1.54, 1.807) is 0 Å². The quantitative estimate of drug-likeness (QED) is 0.273. The van der Waals surface area contributed by atoms with Gasteiger partial charge in [0.1, 0.15) is 0 Å². The third-order valence-corrected chi connectivity index (χ3v) is 5.84. The summed E-state index contributed by atoms with van der Waals surface area (Å²) >= 11 is 0. The van der Waals surface area contributed by atoms with Crippen LogP contribution in [0.2, 0.25) is 0 Å². The SMILES string of the molecule is CCCCCOc1ccc2c(O)n(CCc3ccc(NC)cc3)cc2c1OCCCCC. The summed E-state index contributed by atoms with van der Waals surface area (Å²) in [6.45, 7) is 6.41. The number of fused-ring (bicyclic) bond motifs is 1. The molecule has 0 aliphatic carbocycles. The Labute approximate surface area is 192 Å². The van der Waals surface area contributed by atoms with Gasteiger partial charge in [0.2, 0.25) is 0 Å². The van der Waals surface area contributed by atoms with E-state index in [0.717, 1.165) is 72.9 Å². The fourth-order valence-corrected chi connectivity index (χ4v) is 3.86. The molecule has 0 atom stereocenters. The number of nitrogens with one attached hydrogen (secondary N) is 1. The molecule has 5 nitrogen and oxygen atoms in total. The lowest BCUT2D eigenvalue weighted by Crippen LogP contribution is -2.03. The van der Waals surface area contributed by atoms with Gasteiger partial charge in [-0.15, -0.1) is 0 Å². The van der Waals surface area contributed by atoms with Crippen molar-refractivity contribution >= 4 is 16.5 Å². The molecule has 5 heteroatoms. The molecule has 0 spiro atoms. The van der Waals surface area contributed by atoms with Gasteiger partial charge in [0.25, 0.3) is 0 Å². The Kier molecular flexibility index (Phi) is 9.14. The summed E-state index contributed by atoms with van der Waals surface area (Å²) in [4.78, 5) is 0. The molecule has 0 aliphatic heterocycles. The van der Waals surface area contributed by atoms with E-state index in [4.69, 9.17) is 9.47 Å².